The summed E-state index contributed by atoms with van der Waals surface area (Å²) in [5, 5.41) is 53.9. The van der Waals surface area contributed by atoms with Crippen molar-refractivity contribution in [2.75, 3.05) is 70.0 Å². The lowest BCUT2D eigenvalue weighted by Crippen LogP contribution is -2.58. The number of anilines is 2. The SMILES string of the molecule is CO[C@H]1O[C@H](Cn2cc(COCCOCCOCCNc3nccc(-c4ccc5cc(N6CCCCC6)ccc5c4)c3C#N)nn2)[C@H](O)[C@H](O)[C@H]1O. The number of aromatic nitrogens is 4. The van der Waals surface area contributed by atoms with Crippen molar-refractivity contribution in [3.05, 3.63) is 66.1 Å². The van der Waals surface area contributed by atoms with E-state index in [2.05, 4.69) is 68.0 Å². The van der Waals surface area contributed by atoms with Crippen LogP contribution in [0.5, 0.6) is 0 Å². The van der Waals surface area contributed by atoms with Gasteiger partial charge in [-0.05, 0) is 59.9 Å². The zero-order chi connectivity index (χ0) is 36.3. The lowest BCUT2D eigenvalue weighted by atomic mass is 9.98. The molecule has 0 saturated carbocycles. The number of nitriles is 1. The van der Waals surface area contributed by atoms with E-state index in [-0.39, 0.29) is 13.2 Å². The molecule has 15 nitrogen and oxygen atoms in total. The van der Waals surface area contributed by atoms with Crippen molar-refractivity contribution in [1.29, 1.82) is 5.26 Å². The van der Waals surface area contributed by atoms with Crippen LogP contribution in [0, 0.1) is 11.3 Å². The van der Waals surface area contributed by atoms with E-state index in [0.29, 0.717) is 56.7 Å². The van der Waals surface area contributed by atoms with Gasteiger partial charge in [0.25, 0.3) is 0 Å². The number of hydrogen-bond donors (Lipinski definition) is 4. The molecule has 5 atom stereocenters. The molecule has 0 spiro atoms. The lowest BCUT2D eigenvalue weighted by Gasteiger charge is -2.39. The van der Waals surface area contributed by atoms with Gasteiger partial charge in [0.1, 0.15) is 47.6 Å². The molecular formula is C37H47N7O8. The molecule has 0 aliphatic carbocycles. The van der Waals surface area contributed by atoms with Crippen molar-refractivity contribution in [1.82, 2.24) is 20.0 Å². The number of ether oxygens (including phenoxy) is 5. The number of nitrogens with zero attached hydrogens (tertiary/aromatic N) is 6. The Kier molecular flexibility index (Phi) is 13.3. The number of fused-ring (bicyclic) bond motifs is 1. The van der Waals surface area contributed by atoms with Crippen molar-refractivity contribution in [3.8, 4) is 17.2 Å². The van der Waals surface area contributed by atoms with Crippen LogP contribution in [0.3, 0.4) is 0 Å². The largest absolute Gasteiger partial charge is 0.388 e. The third kappa shape index (κ3) is 9.40. The van der Waals surface area contributed by atoms with Gasteiger partial charge in [0.2, 0.25) is 0 Å². The molecule has 0 amide bonds. The highest BCUT2D eigenvalue weighted by molar-refractivity contribution is 5.91. The van der Waals surface area contributed by atoms with Crippen LogP contribution in [0.25, 0.3) is 21.9 Å². The van der Waals surface area contributed by atoms with Gasteiger partial charge in [0.15, 0.2) is 6.29 Å². The van der Waals surface area contributed by atoms with Gasteiger partial charge in [-0.15, -0.1) is 5.10 Å². The van der Waals surface area contributed by atoms with Gasteiger partial charge in [0, 0.05) is 44.2 Å². The Balaban J connectivity index is 0.865. The van der Waals surface area contributed by atoms with Crippen LogP contribution < -0.4 is 10.2 Å². The van der Waals surface area contributed by atoms with E-state index < -0.39 is 30.7 Å². The summed E-state index contributed by atoms with van der Waals surface area (Å²) < 4.78 is 28.9. The third-order valence-electron chi connectivity index (χ3n) is 9.31. The molecule has 278 valence electrons. The van der Waals surface area contributed by atoms with Crippen LogP contribution in [-0.2, 0) is 36.8 Å². The van der Waals surface area contributed by atoms with E-state index in [1.54, 1.807) is 12.4 Å². The number of methoxy groups -OCH3 is 1. The monoisotopic (exact) mass is 717 g/mol. The Morgan fingerprint density at radius 2 is 1.65 bits per heavy atom. The van der Waals surface area contributed by atoms with Crippen molar-refractivity contribution in [3.63, 3.8) is 0 Å². The van der Waals surface area contributed by atoms with Crippen LogP contribution >= 0.6 is 0 Å². The van der Waals surface area contributed by atoms with Gasteiger partial charge in [-0.1, -0.05) is 23.4 Å². The molecule has 2 saturated heterocycles. The first-order valence-corrected chi connectivity index (χ1v) is 17.7. The van der Waals surface area contributed by atoms with Crippen molar-refractivity contribution >= 4 is 22.3 Å². The average molecular weight is 718 g/mol. The van der Waals surface area contributed by atoms with Crippen LogP contribution in [0.4, 0.5) is 11.5 Å². The fourth-order valence-corrected chi connectivity index (χ4v) is 6.50. The van der Waals surface area contributed by atoms with E-state index in [1.165, 1.54) is 42.1 Å². The predicted molar refractivity (Wildman–Crippen MR) is 191 cm³/mol. The van der Waals surface area contributed by atoms with E-state index in [1.807, 2.05) is 6.07 Å². The molecule has 4 heterocycles. The third-order valence-corrected chi connectivity index (χ3v) is 9.31. The summed E-state index contributed by atoms with van der Waals surface area (Å²) in [5.74, 6) is 0.524. The molecule has 2 aromatic heterocycles. The molecule has 15 heteroatoms. The number of nitrogens with one attached hydrogen (secondary N) is 1. The summed E-state index contributed by atoms with van der Waals surface area (Å²) in [6.07, 6.45) is 1.18. The second-order valence-electron chi connectivity index (χ2n) is 12.9. The van der Waals surface area contributed by atoms with E-state index in [0.717, 1.165) is 29.6 Å². The van der Waals surface area contributed by atoms with E-state index in [9.17, 15) is 20.6 Å². The molecule has 0 radical (unpaired) electrons. The van der Waals surface area contributed by atoms with Gasteiger partial charge in [-0.3, -0.25) is 0 Å². The summed E-state index contributed by atoms with van der Waals surface area (Å²) >= 11 is 0. The minimum absolute atomic E-state index is 0.101. The smallest absolute Gasteiger partial charge is 0.186 e. The Bertz CT molecular complexity index is 1780. The van der Waals surface area contributed by atoms with Crippen LogP contribution in [0.2, 0.25) is 0 Å². The molecular weight excluding hydrogens is 670 g/mol. The maximum absolute atomic E-state index is 10.2. The Morgan fingerprint density at radius 1 is 0.904 bits per heavy atom. The molecule has 52 heavy (non-hydrogen) atoms. The quantitative estimate of drug-likeness (QED) is 0.117. The summed E-state index contributed by atoms with van der Waals surface area (Å²) in [5.41, 5.74) is 4.14. The molecule has 2 fully saturated rings. The van der Waals surface area contributed by atoms with Gasteiger partial charge >= 0.3 is 0 Å². The first kappa shape index (κ1) is 37.5. The number of benzene rings is 2. The summed E-state index contributed by atoms with van der Waals surface area (Å²) in [6.45, 7) is 4.92. The zero-order valence-corrected chi connectivity index (χ0v) is 29.3. The predicted octanol–water partition coefficient (Wildman–Crippen LogP) is 2.47. The second-order valence-corrected chi connectivity index (χ2v) is 12.9. The Morgan fingerprint density at radius 3 is 2.44 bits per heavy atom. The summed E-state index contributed by atoms with van der Waals surface area (Å²) in [7, 11) is 1.34. The summed E-state index contributed by atoms with van der Waals surface area (Å²) in [6, 6.07) is 17.2. The van der Waals surface area contributed by atoms with Crippen molar-refractivity contribution in [2.45, 2.75) is 63.1 Å². The summed E-state index contributed by atoms with van der Waals surface area (Å²) in [4.78, 5) is 6.88. The molecule has 2 aliphatic rings. The van der Waals surface area contributed by atoms with Gasteiger partial charge in [-0.25, -0.2) is 9.67 Å². The highest BCUT2D eigenvalue weighted by atomic mass is 16.7. The van der Waals surface area contributed by atoms with Crippen LogP contribution in [0.15, 0.2) is 54.9 Å². The molecule has 2 aromatic carbocycles. The molecule has 0 bridgehead atoms. The molecule has 2 aliphatic heterocycles. The first-order valence-electron chi connectivity index (χ1n) is 17.7. The number of rotatable bonds is 17. The van der Waals surface area contributed by atoms with Crippen LogP contribution in [0.1, 0.15) is 30.5 Å². The molecule has 6 rings (SSSR count). The van der Waals surface area contributed by atoms with Gasteiger partial charge in [-0.2, -0.15) is 5.26 Å². The molecule has 4 N–H and O–H groups in total. The average Bonchev–Trinajstić information content (AvgIpc) is 3.63. The van der Waals surface area contributed by atoms with Gasteiger partial charge in [0.05, 0.1) is 52.4 Å². The highest BCUT2D eigenvalue weighted by Crippen LogP contribution is 2.32. The number of hydrogen-bond acceptors (Lipinski definition) is 14. The number of piperidine rings is 1. The number of pyridine rings is 1. The maximum Gasteiger partial charge on any atom is 0.186 e. The normalized spacial score (nSPS) is 22.1. The molecule has 0 unspecified atom stereocenters. The lowest BCUT2D eigenvalue weighted by molar-refractivity contribution is -0.292. The first-order chi connectivity index (χ1) is 25.4. The minimum Gasteiger partial charge on any atom is -0.388 e. The minimum atomic E-state index is -1.41. The van der Waals surface area contributed by atoms with E-state index >= 15 is 0 Å². The topological polar surface area (TPSA) is 189 Å². The fourth-order valence-electron chi connectivity index (χ4n) is 6.50. The van der Waals surface area contributed by atoms with E-state index in [4.69, 9.17) is 23.7 Å². The van der Waals surface area contributed by atoms with Crippen molar-refractivity contribution in [2.24, 2.45) is 0 Å². The number of aliphatic hydroxyl groups is 3. The zero-order valence-electron chi connectivity index (χ0n) is 29.3. The van der Waals surface area contributed by atoms with Crippen LogP contribution in [-0.4, -0.2) is 126 Å². The highest BCUT2D eigenvalue weighted by Gasteiger charge is 2.44. The Labute approximate surface area is 302 Å². The number of aliphatic hydroxyl groups excluding tert-OH is 3. The second kappa shape index (κ2) is 18.5. The standard InChI is InChI=1S/C37H47N7O8/c1-48-37-35(47)34(46)33(45)32(52-37)23-44-22-28(41-42-44)24-51-18-17-50-16-15-49-14-11-40-36-31(21-38)30(9-10-39-36)27-6-5-26-20-29(8-7-25(26)19-27)43-12-3-2-4-13-43/h5-10,19-20,22,32-35,37,45-47H,2-4,11-18,23-24H2,1H3,(H,39,40)/t32-,33+,34+,35-,37+/m1/s1. The fraction of sp³-hybridized carbons (Fsp3) is 0.514. The molecule has 4 aromatic rings. The Hall–Kier alpha value is -4.24. The van der Waals surface area contributed by atoms with Gasteiger partial charge < -0.3 is 49.2 Å². The maximum atomic E-state index is 10.2. The van der Waals surface area contributed by atoms with Crippen molar-refractivity contribution < 1.29 is 39.0 Å².